The van der Waals surface area contributed by atoms with Crippen LogP contribution >= 0.6 is 23.2 Å². The molecule has 1 aromatic carbocycles. The molecule has 3 N–H and O–H groups in total. The summed E-state index contributed by atoms with van der Waals surface area (Å²) in [4.78, 5) is 37.7. The molecule has 2 aliphatic rings. The van der Waals surface area contributed by atoms with Gasteiger partial charge in [-0.3, -0.25) is 9.59 Å². The summed E-state index contributed by atoms with van der Waals surface area (Å²) in [6.07, 6.45) is 0.376. The Balaban J connectivity index is 1.63. The molecule has 24 heavy (non-hydrogen) atoms. The first kappa shape index (κ1) is 16.9. The lowest BCUT2D eigenvalue weighted by Gasteiger charge is -2.32. The monoisotopic (exact) mass is 370 g/mol. The van der Waals surface area contributed by atoms with Gasteiger partial charge in [-0.1, -0.05) is 29.3 Å². The summed E-state index contributed by atoms with van der Waals surface area (Å²) in [6.45, 7) is 1.95. The summed E-state index contributed by atoms with van der Waals surface area (Å²) in [5.74, 6) is -0.327. The summed E-state index contributed by atoms with van der Waals surface area (Å²) in [5, 5.41) is 8.61. The molecule has 0 aliphatic carbocycles. The normalized spacial score (nSPS) is 26.0. The van der Waals surface area contributed by atoms with Gasteiger partial charge in [-0.15, -0.1) is 0 Å². The van der Waals surface area contributed by atoms with Crippen LogP contribution in [0.3, 0.4) is 0 Å². The van der Waals surface area contributed by atoms with Crippen LogP contribution in [0.1, 0.15) is 13.3 Å². The van der Waals surface area contributed by atoms with Crippen molar-refractivity contribution in [2.45, 2.75) is 31.5 Å². The van der Waals surface area contributed by atoms with Gasteiger partial charge in [0.25, 0.3) is 0 Å². The molecule has 2 fully saturated rings. The Morgan fingerprint density at radius 2 is 2.08 bits per heavy atom. The van der Waals surface area contributed by atoms with E-state index in [4.69, 9.17) is 23.2 Å². The lowest BCUT2D eigenvalue weighted by molar-refractivity contribution is -0.146. The van der Waals surface area contributed by atoms with Gasteiger partial charge in [0.1, 0.15) is 12.1 Å². The Morgan fingerprint density at radius 1 is 1.33 bits per heavy atom. The fourth-order valence-corrected chi connectivity index (χ4v) is 3.34. The van der Waals surface area contributed by atoms with Crippen molar-refractivity contribution in [2.75, 3.05) is 11.9 Å². The molecule has 4 amide bonds. The molecule has 0 saturated carbocycles. The molecule has 0 spiro atoms. The number of halogens is 2. The molecule has 2 saturated heterocycles. The van der Waals surface area contributed by atoms with Crippen LogP contribution in [0.2, 0.25) is 10.0 Å². The summed E-state index contributed by atoms with van der Waals surface area (Å²) >= 11 is 11.9. The van der Waals surface area contributed by atoms with E-state index in [1.165, 1.54) is 4.90 Å². The number of rotatable bonds is 2. The number of hydrogen-bond donors (Lipinski definition) is 3. The van der Waals surface area contributed by atoms with E-state index in [2.05, 4.69) is 16.0 Å². The van der Waals surface area contributed by atoms with Gasteiger partial charge in [0, 0.05) is 6.54 Å². The fraction of sp³-hybridized carbons (Fsp3) is 0.400. The van der Waals surface area contributed by atoms with Gasteiger partial charge >= 0.3 is 6.03 Å². The van der Waals surface area contributed by atoms with Crippen molar-refractivity contribution in [1.29, 1.82) is 0 Å². The van der Waals surface area contributed by atoms with Crippen LogP contribution in [-0.4, -0.2) is 47.4 Å². The zero-order valence-corrected chi connectivity index (χ0v) is 14.3. The van der Waals surface area contributed by atoms with Crippen LogP contribution in [0, 0.1) is 0 Å². The maximum Gasteiger partial charge on any atom is 0.319 e. The highest BCUT2D eigenvalue weighted by Gasteiger charge is 2.45. The Morgan fingerprint density at radius 3 is 2.83 bits per heavy atom. The molecule has 2 aliphatic heterocycles. The lowest BCUT2D eigenvalue weighted by atomic mass is 10.1. The summed E-state index contributed by atoms with van der Waals surface area (Å²) in [5.41, 5.74) is 0.389. The number of amides is 4. The van der Waals surface area contributed by atoms with Crippen LogP contribution in [-0.2, 0) is 9.59 Å². The van der Waals surface area contributed by atoms with Crippen molar-refractivity contribution in [3.63, 3.8) is 0 Å². The van der Waals surface area contributed by atoms with Crippen LogP contribution in [0.15, 0.2) is 18.2 Å². The maximum absolute atomic E-state index is 12.1. The fourth-order valence-electron chi connectivity index (χ4n) is 3.00. The number of nitrogens with one attached hydrogen (secondary N) is 3. The molecule has 9 heteroatoms. The van der Waals surface area contributed by atoms with E-state index in [0.717, 1.165) is 0 Å². The van der Waals surface area contributed by atoms with Crippen molar-refractivity contribution >= 4 is 46.7 Å². The van der Waals surface area contributed by atoms with Gasteiger partial charge < -0.3 is 20.9 Å². The second-order valence-electron chi connectivity index (χ2n) is 5.87. The van der Waals surface area contributed by atoms with E-state index in [0.29, 0.717) is 23.7 Å². The van der Waals surface area contributed by atoms with Gasteiger partial charge in [-0.25, -0.2) is 4.79 Å². The van der Waals surface area contributed by atoms with Gasteiger partial charge in [-0.05, 0) is 25.5 Å². The summed E-state index contributed by atoms with van der Waals surface area (Å²) < 4.78 is 0. The van der Waals surface area contributed by atoms with E-state index >= 15 is 0 Å². The van der Waals surface area contributed by atoms with Crippen molar-refractivity contribution in [3.8, 4) is 0 Å². The van der Waals surface area contributed by atoms with Gasteiger partial charge in [0.05, 0.1) is 21.8 Å². The molecule has 0 bridgehead atoms. The Bertz CT molecular complexity index is 712. The number of benzene rings is 1. The largest absolute Gasteiger partial charge is 0.343 e. The van der Waals surface area contributed by atoms with E-state index < -0.39 is 18.1 Å². The number of piperazine rings is 1. The number of hydrogen-bond acceptors (Lipinski definition) is 3. The zero-order chi connectivity index (χ0) is 17.4. The Hall–Kier alpha value is -1.99. The third-order valence-electron chi connectivity index (χ3n) is 4.15. The van der Waals surface area contributed by atoms with Gasteiger partial charge in [0.2, 0.25) is 11.8 Å². The maximum atomic E-state index is 12.1. The number of carbonyl (C=O) groups excluding carboxylic acids is 3. The van der Waals surface area contributed by atoms with E-state index in [9.17, 15) is 14.4 Å². The molecule has 0 radical (unpaired) electrons. The summed E-state index contributed by atoms with van der Waals surface area (Å²) in [6, 6.07) is 3.07. The molecule has 1 aromatic rings. The number of carbonyl (C=O) groups is 3. The number of urea groups is 1. The molecule has 0 aromatic heterocycles. The molecule has 2 heterocycles. The first-order chi connectivity index (χ1) is 11.4. The third-order valence-corrected chi connectivity index (χ3v) is 4.97. The van der Waals surface area contributed by atoms with Gasteiger partial charge in [0.15, 0.2) is 0 Å². The second-order valence-corrected chi connectivity index (χ2v) is 6.65. The number of nitrogens with zero attached hydrogens (tertiary/aromatic N) is 1. The molecular formula is C15H16Cl2N4O3. The van der Waals surface area contributed by atoms with E-state index in [-0.39, 0.29) is 22.9 Å². The van der Waals surface area contributed by atoms with Crippen molar-refractivity contribution in [2.24, 2.45) is 0 Å². The predicted molar refractivity (Wildman–Crippen MR) is 90.1 cm³/mol. The highest BCUT2D eigenvalue weighted by molar-refractivity contribution is 6.43. The molecule has 7 nitrogen and oxygen atoms in total. The highest BCUT2D eigenvalue weighted by Crippen LogP contribution is 2.29. The lowest BCUT2D eigenvalue weighted by Crippen LogP contribution is -2.60. The molecule has 128 valence electrons. The van der Waals surface area contributed by atoms with Crippen molar-refractivity contribution in [1.82, 2.24) is 15.5 Å². The smallest absolute Gasteiger partial charge is 0.319 e. The minimum absolute atomic E-state index is 0.137. The van der Waals surface area contributed by atoms with Gasteiger partial charge in [-0.2, -0.15) is 0 Å². The van der Waals surface area contributed by atoms with Crippen LogP contribution in [0.4, 0.5) is 10.5 Å². The van der Waals surface area contributed by atoms with Crippen LogP contribution < -0.4 is 16.0 Å². The number of fused-ring (bicyclic) bond motifs is 1. The van der Waals surface area contributed by atoms with Crippen LogP contribution in [0.25, 0.3) is 0 Å². The second kappa shape index (κ2) is 6.49. The molecule has 3 rings (SSSR count). The SMILES string of the molecule is C[C@@H]1NC(=O)[C@@H]2C[C@H](NC(=O)Nc3cccc(Cl)c3Cl)CN2C1=O. The zero-order valence-electron chi connectivity index (χ0n) is 12.8. The van der Waals surface area contributed by atoms with E-state index in [1.807, 2.05) is 0 Å². The highest BCUT2D eigenvalue weighted by atomic mass is 35.5. The Labute approximate surface area is 148 Å². The minimum atomic E-state index is -0.536. The quantitative estimate of drug-likeness (QED) is 0.738. The first-order valence-corrected chi connectivity index (χ1v) is 8.25. The Kier molecular flexibility index (Phi) is 4.56. The molecular weight excluding hydrogens is 355 g/mol. The van der Waals surface area contributed by atoms with Crippen molar-refractivity contribution < 1.29 is 14.4 Å². The standard InChI is InChI=1S/C15H16Cl2N4O3/c1-7-14(23)21-6-8(5-11(21)13(22)18-7)19-15(24)20-10-4-2-3-9(16)12(10)17/h2-4,7-8,11H,5-6H2,1H3,(H,18,22)(H2,19,20,24)/t7-,8-,11-/m0/s1. The summed E-state index contributed by atoms with van der Waals surface area (Å²) in [7, 11) is 0. The predicted octanol–water partition coefficient (Wildman–Crippen LogP) is 1.60. The topological polar surface area (TPSA) is 90.5 Å². The number of anilines is 1. The average molecular weight is 371 g/mol. The molecule has 0 unspecified atom stereocenters. The third kappa shape index (κ3) is 3.14. The molecule has 3 atom stereocenters. The average Bonchev–Trinajstić information content (AvgIpc) is 2.94. The van der Waals surface area contributed by atoms with Crippen LogP contribution in [0.5, 0.6) is 0 Å². The first-order valence-electron chi connectivity index (χ1n) is 7.49. The minimum Gasteiger partial charge on any atom is -0.343 e. The van der Waals surface area contributed by atoms with E-state index in [1.54, 1.807) is 25.1 Å². The van der Waals surface area contributed by atoms with Crippen molar-refractivity contribution in [3.05, 3.63) is 28.2 Å².